The number of hydrogen-bond acceptors (Lipinski definition) is 3. The molecular weight excluding hydrogens is 207 g/mol. The number of hydrogen-bond donors (Lipinski definition) is 3. The van der Waals surface area contributed by atoms with Crippen molar-refractivity contribution >= 4 is 16.7 Å². The third-order valence-corrected chi connectivity index (χ3v) is 2.17. The largest absolute Gasteiger partial charge is 0.398 e. The Bertz CT molecular complexity index is 570. The lowest BCUT2D eigenvalue weighted by Crippen LogP contribution is -2.06. The van der Waals surface area contributed by atoms with Crippen LogP contribution in [0.1, 0.15) is 0 Å². The standard InChI is InChI=1S/C11H11FN4/c1-6(13)7(2)16-10-5-15-11-9(10)3-8(12)4-14-11/h3-5,16H,1-2,13H2,(H,14,15). The highest BCUT2D eigenvalue weighted by Crippen LogP contribution is 2.23. The van der Waals surface area contributed by atoms with Crippen LogP contribution in [0.4, 0.5) is 10.1 Å². The van der Waals surface area contributed by atoms with Crippen LogP contribution >= 0.6 is 0 Å². The molecule has 4 nitrogen and oxygen atoms in total. The second-order valence-electron chi connectivity index (χ2n) is 3.38. The topological polar surface area (TPSA) is 66.7 Å². The van der Waals surface area contributed by atoms with Gasteiger partial charge in [0.05, 0.1) is 17.6 Å². The fraction of sp³-hybridized carbons (Fsp3) is 0. The van der Waals surface area contributed by atoms with Crippen LogP contribution in [0.15, 0.2) is 43.0 Å². The molecule has 2 aromatic heterocycles. The van der Waals surface area contributed by atoms with Crippen molar-refractivity contribution < 1.29 is 4.39 Å². The zero-order chi connectivity index (χ0) is 11.7. The second kappa shape index (κ2) is 3.69. The average molecular weight is 218 g/mol. The van der Waals surface area contributed by atoms with E-state index in [0.29, 0.717) is 28.1 Å². The van der Waals surface area contributed by atoms with Crippen LogP contribution in [-0.2, 0) is 0 Å². The van der Waals surface area contributed by atoms with Crippen molar-refractivity contribution in [3.63, 3.8) is 0 Å². The molecule has 4 N–H and O–H groups in total. The summed E-state index contributed by atoms with van der Waals surface area (Å²) in [5.74, 6) is -0.396. The Morgan fingerprint density at radius 1 is 1.50 bits per heavy atom. The molecule has 82 valence electrons. The average Bonchev–Trinajstić information content (AvgIpc) is 2.61. The van der Waals surface area contributed by atoms with Crippen LogP contribution in [0.5, 0.6) is 0 Å². The predicted octanol–water partition coefficient (Wildman–Crippen LogP) is 2.10. The molecule has 0 unspecified atom stereocenters. The van der Waals surface area contributed by atoms with Crippen LogP contribution in [0.3, 0.4) is 0 Å². The minimum atomic E-state index is -0.396. The number of aromatic amines is 1. The van der Waals surface area contributed by atoms with Gasteiger partial charge in [-0.1, -0.05) is 13.2 Å². The Labute approximate surface area is 91.7 Å². The fourth-order valence-electron chi connectivity index (χ4n) is 1.32. The van der Waals surface area contributed by atoms with Crippen LogP contribution in [0.2, 0.25) is 0 Å². The van der Waals surface area contributed by atoms with Crippen molar-refractivity contribution in [2.75, 3.05) is 5.32 Å². The Hall–Kier alpha value is -2.30. The molecule has 0 saturated heterocycles. The van der Waals surface area contributed by atoms with Gasteiger partial charge in [-0.2, -0.15) is 0 Å². The van der Waals surface area contributed by atoms with E-state index in [-0.39, 0.29) is 0 Å². The molecule has 2 heterocycles. The number of pyridine rings is 1. The van der Waals surface area contributed by atoms with Crippen LogP contribution < -0.4 is 11.1 Å². The van der Waals surface area contributed by atoms with Crippen molar-refractivity contribution in [1.82, 2.24) is 9.97 Å². The molecule has 2 aromatic rings. The maximum atomic E-state index is 13.0. The minimum absolute atomic E-state index is 0.332. The lowest BCUT2D eigenvalue weighted by Gasteiger charge is -2.06. The van der Waals surface area contributed by atoms with Gasteiger partial charge in [0.25, 0.3) is 0 Å². The molecule has 2 rings (SSSR count). The van der Waals surface area contributed by atoms with Crippen molar-refractivity contribution in [3.05, 3.63) is 48.8 Å². The van der Waals surface area contributed by atoms with E-state index in [1.54, 1.807) is 6.20 Å². The Morgan fingerprint density at radius 3 is 2.94 bits per heavy atom. The van der Waals surface area contributed by atoms with Gasteiger partial charge in [0.1, 0.15) is 11.5 Å². The molecule has 16 heavy (non-hydrogen) atoms. The summed E-state index contributed by atoms with van der Waals surface area (Å²) in [5, 5.41) is 3.58. The van der Waals surface area contributed by atoms with Gasteiger partial charge in [0, 0.05) is 17.3 Å². The molecule has 0 saturated carbocycles. The maximum absolute atomic E-state index is 13.0. The van der Waals surface area contributed by atoms with E-state index >= 15 is 0 Å². The first kappa shape index (κ1) is 10.2. The maximum Gasteiger partial charge on any atom is 0.142 e. The summed E-state index contributed by atoms with van der Waals surface area (Å²) in [5.41, 5.74) is 7.54. The number of H-pyrrole nitrogens is 1. The zero-order valence-electron chi connectivity index (χ0n) is 8.55. The van der Waals surface area contributed by atoms with Gasteiger partial charge in [-0.15, -0.1) is 0 Å². The number of anilines is 1. The number of fused-ring (bicyclic) bond motifs is 1. The van der Waals surface area contributed by atoms with Crippen LogP contribution in [0.25, 0.3) is 11.0 Å². The van der Waals surface area contributed by atoms with Gasteiger partial charge < -0.3 is 16.0 Å². The molecular formula is C11H11FN4. The number of nitrogens with one attached hydrogen (secondary N) is 2. The number of rotatable bonds is 3. The molecule has 0 aliphatic rings. The van der Waals surface area contributed by atoms with E-state index in [9.17, 15) is 4.39 Å². The highest BCUT2D eigenvalue weighted by molar-refractivity contribution is 5.90. The second-order valence-corrected chi connectivity index (χ2v) is 3.38. The first-order valence-electron chi connectivity index (χ1n) is 4.61. The highest BCUT2D eigenvalue weighted by atomic mass is 19.1. The minimum Gasteiger partial charge on any atom is -0.398 e. The van der Waals surface area contributed by atoms with Gasteiger partial charge in [-0.3, -0.25) is 0 Å². The van der Waals surface area contributed by atoms with Crippen molar-refractivity contribution in [3.8, 4) is 0 Å². The van der Waals surface area contributed by atoms with Crippen molar-refractivity contribution in [2.24, 2.45) is 5.73 Å². The van der Waals surface area contributed by atoms with Crippen molar-refractivity contribution in [1.29, 1.82) is 0 Å². The predicted molar refractivity (Wildman–Crippen MR) is 62.1 cm³/mol. The van der Waals surface area contributed by atoms with E-state index in [1.807, 2.05) is 0 Å². The van der Waals surface area contributed by atoms with Gasteiger partial charge in [0.2, 0.25) is 0 Å². The summed E-state index contributed by atoms with van der Waals surface area (Å²) in [6.45, 7) is 7.24. The summed E-state index contributed by atoms with van der Waals surface area (Å²) in [6, 6.07) is 1.38. The summed E-state index contributed by atoms with van der Waals surface area (Å²) >= 11 is 0. The molecule has 0 fully saturated rings. The van der Waals surface area contributed by atoms with Crippen LogP contribution in [0, 0.1) is 5.82 Å². The van der Waals surface area contributed by atoms with Gasteiger partial charge >= 0.3 is 0 Å². The lowest BCUT2D eigenvalue weighted by molar-refractivity contribution is 0.624. The lowest BCUT2D eigenvalue weighted by atomic mass is 10.3. The smallest absolute Gasteiger partial charge is 0.142 e. The molecule has 0 aliphatic carbocycles. The Balaban J connectivity index is 2.41. The Kier molecular flexibility index (Phi) is 2.36. The number of aromatic nitrogens is 2. The number of nitrogens with two attached hydrogens (primary N) is 1. The van der Waals surface area contributed by atoms with E-state index in [1.165, 1.54) is 6.07 Å². The van der Waals surface area contributed by atoms with Crippen molar-refractivity contribution in [2.45, 2.75) is 0 Å². The zero-order valence-corrected chi connectivity index (χ0v) is 8.55. The SMILES string of the molecule is C=C(N)C(=C)Nc1c[nH]c2ncc(F)cc12. The monoisotopic (exact) mass is 218 g/mol. The molecule has 0 atom stereocenters. The fourth-order valence-corrected chi connectivity index (χ4v) is 1.32. The highest BCUT2D eigenvalue weighted by Gasteiger charge is 2.06. The van der Waals surface area contributed by atoms with E-state index in [2.05, 4.69) is 28.4 Å². The molecule has 5 heteroatoms. The third-order valence-electron chi connectivity index (χ3n) is 2.17. The molecule has 0 amide bonds. The number of nitrogens with zero attached hydrogens (tertiary/aromatic N) is 1. The summed E-state index contributed by atoms with van der Waals surface area (Å²) in [4.78, 5) is 6.81. The quantitative estimate of drug-likeness (QED) is 0.691. The Morgan fingerprint density at radius 2 is 2.25 bits per heavy atom. The van der Waals surface area contributed by atoms with Gasteiger partial charge in [0.15, 0.2) is 0 Å². The van der Waals surface area contributed by atoms with E-state index in [0.717, 1.165) is 6.20 Å². The summed E-state index contributed by atoms with van der Waals surface area (Å²) < 4.78 is 13.0. The van der Waals surface area contributed by atoms with E-state index < -0.39 is 5.82 Å². The molecule has 0 radical (unpaired) electrons. The number of halogens is 1. The normalized spacial score (nSPS) is 10.3. The molecule has 0 aliphatic heterocycles. The van der Waals surface area contributed by atoms with E-state index in [4.69, 9.17) is 5.73 Å². The first-order chi connectivity index (χ1) is 7.58. The summed E-state index contributed by atoms with van der Waals surface area (Å²) in [7, 11) is 0. The summed E-state index contributed by atoms with van der Waals surface area (Å²) in [6.07, 6.45) is 2.82. The molecule has 0 bridgehead atoms. The van der Waals surface area contributed by atoms with Gasteiger partial charge in [-0.25, -0.2) is 9.37 Å². The molecule has 0 spiro atoms. The third kappa shape index (κ3) is 1.75. The molecule has 0 aromatic carbocycles. The van der Waals surface area contributed by atoms with Gasteiger partial charge in [-0.05, 0) is 6.07 Å². The van der Waals surface area contributed by atoms with Crippen LogP contribution in [-0.4, -0.2) is 9.97 Å². The first-order valence-corrected chi connectivity index (χ1v) is 4.61.